The van der Waals surface area contributed by atoms with E-state index >= 15 is 0 Å². The molecular formula is C15H15BrN2O2. The smallest absolute Gasteiger partial charge is 0.262 e. The molecule has 104 valence electrons. The predicted molar refractivity (Wildman–Crippen MR) is 83.9 cm³/mol. The molecule has 0 fully saturated rings. The highest BCUT2D eigenvalue weighted by atomic mass is 79.9. The van der Waals surface area contributed by atoms with Crippen LogP contribution in [0.25, 0.3) is 0 Å². The Bertz CT molecular complexity index is 612. The molecule has 3 N–H and O–H groups in total. The minimum Gasteiger partial charge on any atom is -0.484 e. The molecule has 0 saturated heterocycles. The Labute approximate surface area is 126 Å². The lowest BCUT2D eigenvalue weighted by atomic mass is 10.2. The van der Waals surface area contributed by atoms with Gasteiger partial charge in [0.25, 0.3) is 5.91 Å². The van der Waals surface area contributed by atoms with Crippen LogP contribution in [0.2, 0.25) is 0 Å². The Balaban J connectivity index is 1.90. The van der Waals surface area contributed by atoms with Crippen molar-refractivity contribution in [3.05, 3.63) is 52.5 Å². The van der Waals surface area contributed by atoms with Crippen molar-refractivity contribution in [3.63, 3.8) is 0 Å². The summed E-state index contributed by atoms with van der Waals surface area (Å²) in [5, 5.41) is 2.79. The van der Waals surface area contributed by atoms with Gasteiger partial charge < -0.3 is 15.8 Å². The van der Waals surface area contributed by atoms with E-state index in [2.05, 4.69) is 21.2 Å². The zero-order chi connectivity index (χ0) is 14.5. The molecule has 0 bridgehead atoms. The van der Waals surface area contributed by atoms with Gasteiger partial charge in [-0.1, -0.05) is 15.9 Å². The number of anilines is 2. The van der Waals surface area contributed by atoms with E-state index in [-0.39, 0.29) is 12.5 Å². The molecule has 2 aromatic rings. The normalized spacial score (nSPS) is 10.1. The van der Waals surface area contributed by atoms with Crippen molar-refractivity contribution in [1.29, 1.82) is 0 Å². The first kappa shape index (κ1) is 14.4. The summed E-state index contributed by atoms with van der Waals surface area (Å²) in [6.45, 7) is 1.85. The van der Waals surface area contributed by atoms with E-state index in [0.717, 1.165) is 15.7 Å². The van der Waals surface area contributed by atoms with Crippen LogP contribution in [-0.2, 0) is 4.79 Å². The lowest BCUT2D eigenvalue weighted by Crippen LogP contribution is -2.20. The first-order valence-corrected chi connectivity index (χ1v) is 6.88. The topological polar surface area (TPSA) is 64.3 Å². The summed E-state index contributed by atoms with van der Waals surface area (Å²) < 4.78 is 6.37. The summed E-state index contributed by atoms with van der Waals surface area (Å²) in [7, 11) is 0. The number of aryl methyl sites for hydroxylation is 1. The molecular weight excluding hydrogens is 320 g/mol. The first-order chi connectivity index (χ1) is 9.54. The van der Waals surface area contributed by atoms with Crippen LogP contribution >= 0.6 is 15.9 Å². The number of carbonyl (C=O) groups excluding carboxylic acids is 1. The Morgan fingerprint density at radius 3 is 2.60 bits per heavy atom. The SMILES string of the molecule is Cc1cc(N)ccc1NC(=O)COc1ccc(Br)cc1. The second-order valence-electron chi connectivity index (χ2n) is 4.37. The fraction of sp³-hybridized carbons (Fsp3) is 0.133. The van der Waals surface area contributed by atoms with Crippen molar-refractivity contribution in [1.82, 2.24) is 0 Å². The maximum atomic E-state index is 11.8. The summed E-state index contributed by atoms with van der Waals surface area (Å²) in [4.78, 5) is 11.8. The average Bonchev–Trinajstić information content (AvgIpc) is 2.41. The molecule has 0 unspecified atom stereocenters. The van der Waals surface area contributed by atoms with Crippen LogP contribution in [0.3, 0.4) is 0 Å². The molecule has 1 amide bonds. The number of rotatable bonds is 4. The summed E-state index contributed by atoms with van der Waals surface area (Å²) >= 11 is 3.34. The Morgan fingerprint density at radius 1 is 1.25 bits per heavy atom. The van der Waals surface area contributed by atoms with Crippen molar-refractivity contribution >= 4 is 33.2 Å². The zero-order valence-electron chi connectivity index (χ0n) is 11.0. The van der Waals surface area contributed by atoms with Crippen molar-refractivity contribution in [3.8, 4) is 5.75 Å². The minimum atomic E-state index is -0.208. The largest absolute Gasteiger partial charge is 0.484 e. The van der Waals surface area contributed by atoms with Crippen molar-refractivity contribution in [2.75, 3.05) is 17.7 Å². The second-order valence-corrected chi connectivity index (χ2v) is 5.28. The number of hydrogen-bond donors (Lipinski definition) is 2. The fourth-order valence-electron chi connectivity index (χ4n) is 1.69. The molecule has 0 aliphatic rings. The van der Waals surface area contributed by atoms with E-state index < -0.39 is 0 Å². The van der Waals surface area contributed by atoms with Crippen LogP contribution in [0.1, 0.15) is 5.56 Å². The Hall–Kier alpha value is -2.01. The monoisotopic (exact) mass is 334 g/mol. The van der Waals surface area contributed by atoms with Gasteiger partial charge in [0.2, 0.25) is 0 Å². The molecule has 5 heteroatoms. The summed E-state index contributed by atoms with van der Waals surface area (Å²) in [5.41, 5.74) is 7.99. The standard InChI is InChI=1S/C15H15BrN2O2/c1-10-8-12(17)4-7-14(10)18-15(19)9-20-13-5-2-11(16)3-6-13/h2-8H,9,17H2,1H3,(H,18,19). The van der Waals surface area contributed by atoms with Crippen LogP contribution < -0.4 is 15.8 Å². The molecule has 0 heterocycles. The number of hydrogen-bond acceptors (Lipinski definition) is 3. The van der Waals surface area contributed by atoms with Gasteiger partial charge in [-0.3, -0.25) is 4.79 Å². The Kier molecular flexibility index (Phi) is 4.63. The van der Waals surface area contributed by atoms with E-state index in [9.17, 15) is 4.79 Å². The van der Waals surface area contributed by atoms with E-state index in [4.69, 9.17) is 10.5 Å². The number of nitrogen functional groups attached to an aromatic ring is 1. The van der Waals surface area contributed by atoms with Crippen molar-refractivity contribution in [2.45, 2.75) is 6.92 Å². The molecule has 0 spiro atoms. The zero-order valence-corrected chi connectivity index (χ0v) is 12.6. The molecule has 0 aliphatic carbocycles. The predicted octanol–water partition coefficient (Wildman–Crippen LogP) is 3.36. The molecule has 0 atom stereocenters. The van der Waals surface area contributed by atoms with E-state index in [1.54, 1.807) is 24.3 Å². The number of nitrogens with two attached hydrogens (primary N) is 1. The number of halogens is 1. The highest BCUT2D eigenvalue weighted by Gasteiger charge is 2.06. The van der Waals surface area contributed by atoms with Crippen LogP contribution in [0.15, 0.2) is 46.9 Å². The number of nitrogens with one attached hydrogen (secondary N) is 1. The third kappa shape index (κ3) is 3.99. The quantitative estimate of drug-likeness (QED) is 0.842. The molecule has 2 rings (SSSR count). The lowest BCUT2D eigenvalue weighted by Gasteiger charge is -2.10. The van der Waals surface area contributed by atoms with Crippen molar-refractivity contribution < 1.29 is 9.53 Å². The highest BCUT2D eigenvalue weighted by molar-refractivity contribution is 9.10. The molecule has 2 aromatic carbocycles. The molecule has 0 aromatic heterocycles. The number of carbonyl (C=O) groups is 1. The van der Waals surface area contributed by atoms with Gasteiger partial charge in [0, 0.05) is 15.8 Å². The van der Waals surface area contributed by atoms with E-state index in [1.807, 2.05) is 25.1 Å². The third-order valence-corrected chi connectivity index (χ3v) is 3.24. The first-order valence-electron chi connectivity index (χ1n) is 6.09. The van der Waals surface area contributed by atoms with Crippen LogP contribution in [0.5, 0.6) is 5.75 Å². The summed E-state index contributed by atoms with van der Waals surface area (Å²) in [6, 6.07) is 12.7. The van der Waals surface area contributed by atoms with Gasteiger partial charge in [-0.2, -0.15) is 0 Å². The lowest BCUT2D eigenvalue weighted by molar-refractivity contribution is -0.118. The summed E-state index contributed by atoms with van der Waals surface area (Å²) in [5.74, 6) is 0.443. The van der Waals surface area contributed by atoms with Gasteiger partial charge in [0.15, 0.2) is 6.61 Å². The van der Waals surface area contributed by atoms with Crippen molar-refractivity contribution in [2.24, 2.45) is 0 Å². The molecule has 20 heavy (non-hydrogen) atoms. The van der Waals surface area contributed by atoms with Crippen LogP contribution in [0.4, 0.5) is 11.4 Å². The second kappa shape index (κ2) is 6.43. The van der Waals surface area contributed by atoms with E-state index in [1.165, 1.54) is 0 Å². The third-order valence-electron chi connectivity index (χ3n) is 2.71. The van der Waals surface area contributed by atoms with Gasteiger partial charge in [-0.15, -0.1) is 0 Å². The van der Waals surface area contributed by atoms with E-state index in [0.29, 0.717) is 11.4 Å². The molecule has 0 radical (unpaired) electrons. The maximum Gasteiger partial charge on any atom is 0.262 e. The maximum absolute atomic E-state index is 11.8. The van der Waals surface area contributed by atoms with Crippen LogP contribution in [-0.4, -0.2) is 12.5 Å². The van der Waals surface area contributed by atoms with Gasteiger partial charge in [0.05, 0.1) is 0 Å². The number of benzene rings is 2. The molecule has 4 nitrogen and oxygen atoms in total. The highest BCUT2D eigenvalue weighted by Crippen LogP contribution is 2.18. The van der Waals surface area contributed by atoms with Gasteiger partial charge >= 0.3 is 0 Å². The van der Waals surface area contributed by atoms with Crippen LogP contribution in [0, 0.1) is 6.92 Å². The number of ether oxygens (including phenoxy) is 1. The molecule has 0 saturated carbocycles. The van der Waals surface area contributed by atoms with Gasteiger partial charge in [0.1, 0.15) is 5.75 Å². The fourth-order valence-corrected chi connectivity index (χ4v) is 1.96. The summed E-state index contributed by atoms with van der Waals surface area (Å²) in [6.07, 6.45) is 0. The molecule has 0 aliphatic heterocycles. The van der Waals surface area contributed by atoms with Gasteiger partial charge in [-0.25, -0.2) is 0 Å². The van der Waals surface area contributed by atoms with Gasteiger partial charge in [-0.05, 0) is 55.0 Å². The number of amides is 1. The Morgan fingerprint density at radius 2 is 1.95 bits per heavy atom. The minimum absolute atomic E-state index is 0.0363. The average molecular weight is 335 g/mol.